The highest BCUT2D eigenvalue weighted by Crippen LogP contribution is 2.26. The molecule has 8 heteroatoms. The average molecular weight is 417 g/mol. The summed E-state index contributed by atoms with van der Waals surface area (Å²) >= 11 is 3.36. The van der Waals surface area contributed by atoms with Crippen molar-refractivity contribution in [2.24, 2.45) is 0 Å². The van der Waals surface area contributed by atoms with Gasteiger partial charge in [0.05, 0.1) is 6.54 Å². The van der Waals surface area contributed by atoms with Crippen LogP contribution < -0.4 is 10.3 Å². The average Bonchev–Trinajstić information content (AvgIpc) is 2.95. The SMILES string of the molecule is O=C1C2NN(Cc3ccccc3F)C(=O)N2C=CN1c1ccc(Br)cc1. The molecule has 2 aliphatic heterocycles. The molecule has 0 spiro atoms. The van der Waals surface area contributed by atoms with Gasteiger partial charge in [-0.25, -0.2) is 9.18 Å². The lowest BCUT2D eigenvalue weighted by Gasteiger charge is -2.29. The fourth-order valence-corrected chi connectivity index (χ4v) is 3.17. The maximum Gasteiger partial charge on any atom is 0.340 e. The van der Waals surface area contributed by atoms with Crippen molar-refractivity contribution in [2.45, 2.75) is 12.7 Å². The van der Waals surface area contributed by atoms with E-state index < -0.39 is 18.0 Å². The van der Waals surface area contributed by atoms with Gasteiger partial charge in [-0.15, -0.1) is 0 Å². The molecule has 1 N–H and O–H groups in total. The number of amides is 3. The molecule has 0 aliphatic carbocycles. The molecule has 2 aromatic rings. The molecule has 1 unspecified atom stereocenters. The Morgan fingerprint density at radius 1 is 1.04 bits per heavy atom. The number of urea groups is 1. The van der Waals surface area contributed by atoms with Gasteiger partial charge in [-0.05, 0) is 30.3 Å². The molecule has 1 fully saturated rings. The van der Waals surface area contributed by atoms with Crippen LogP contribution in [0, 0.1) is 5.82 Å². The van der Waals surface area contributed by atoms with Crippen molar-refractivity contribution in [2.75, 3.05) is 4.90 Å². The first-order chi connectivity index (χ1) is 12.5. The summed E-state index contributed by atoms with van der Waals surface area (Å²) in [6, 6.07) is 13.1. The van der Waals surface area contributed by atoms with Crippen LogP contribution >= 0.6 is 15.9 Å². The fraction of sp³-hybridized carbons (Fsp3) is 0.111. The third kappa shape index (κ3) is 2.87. The number of nitrogens with zero attached hydrogens (tertiary/aromatic N) is 3. The van der Waals surface area contributed by atoms with Crippen molar-refractivity contribution in [1.29, 1.82) is 0 Å². The maximum atomic E-state index is 13.9. The van der Waals surface area contributed by atoms with Gasteiger partial charge in [0.2, 0.25) is 0 Å². The lowest BCUT2D eigenvalue weighted by atomic mass is 10.2. The van der Waals surface area contributed by atoms with Gasteiger partial charge in [0.1, 0.15) is 5.82 Å². The van der Waals surface area contributed by atoms with E-state index in [1.807, 2.05) is 12.1 Å². The zero-order chi connectivity index (χ0) is 18.3. The number of carbonyl (C=O) groups is 2. The first-order valence-corrected chi connectivity index (χ1v) is 8.70. The van der Waals surface area contributed by atoms with Gasteiger partial charge < -0.3 is 0 Å². The summed E-state index contributed by atoms with van der Waals surface area (Å²) in [6.07, 6.45) is 2.24. The number of benzene rings is 2. The van der Waals surface area contributed by atoms with Gasteiger partial charge in [-0.1, -0.05) is 34.1 Å². The van der Waals surface area contributed by atoms with Crippen molar-refractivity contribution in [3.63, 3.8) is 0 Å². The largest absolute Gasteiger partial charge is 0.340 e. The van der Waals surface area contributed by atoms with Crippen molar-refractivity contribution in [1.82, 2.24) is 15.3 Å². The number of hydrogen-bond donors (Lipinski definition) is 1. The highest BCUT2D eigenvalue weighted by atomic mass is 79.9. The molecular weight excluding hydrogens is 403 g/mol. The molecule has 2 aromatic carbocycles. The monoisotopic (exact) mass is 416 g/mol. The molecule has 132 valence electrons. The zero-order valence-corrected chi connectivity index (χ0v) is 15.1. The quantitative estimate of drug-likeness (QED) is 0.835. The van der Waals surface area contributed by atoms with Crippen molar-refractivity contribution < 1.29 is 14.0 Å². The van der Waals surface area contributed by atoms with Gasteiger partial charge in [0, 0.05) is 28.1 Å². The second kappa shape index (κ2) is 6.54. The van der Waals surface area contributed by atoms with Crippen molar-refractivity contribution >= 4 is 33.6 Å². The molecule has 0 aromatic heterocycles. The smallest absolute Gasteiger partial charge is 0.283 e. The molecule has 2 heterocycles. The summed E-state index contributed by atoms with van der Waals surface area (Å²) in [6.45, 7) is 0.0257. The van der Waals surface area contributed by atoms with Crippen molar-refractivity contribution in [3.8, 4) is 0 Å². The topological polar surface area (TPSA) is 55.9 Å². The Hall–Kier alpha value is -2.71. The number of hydrogen-bond acceptors (Lipinski definition) is 3. The lowest BCUT2D eigenvalue weighted by Crippen LogP contribution is -2.51. The van der Waals surface area contributed by atoms with E-state index in [9.17, 15) is 14.0 Å². The number of halogens is 2. The minimum Gasteiger partial charge on any atom is -0.283 e. The Balaban J connectivity index is 1.55. The molecule has 6 nitrogen and oxygen atoms in total. The van der Waals surface area contributed by atoms with E-state index in [0.717, 1.165) is 4.47 Å². The Kier molecular flexibility index (Phi) is 4.21. The highest BCUT2D eigenvalue weighted by Gasteiger charge is 2.44. The summed E-state index contributed by atoms with van der Waals surface area (Å²) in [5.74, 6) is -0.690. The minimum atomic E-state index is -0.858. The van der Waals surface area contributed by atoms with Crippen molar-refractivity contribution in [3.05, 3.63) is 76.8 Å². The number of anilines is 1. The molecule has 4 rings (SSSR count). The second-order valence-electron chi connectivity index (χ2n) is 5.88. The van der Waals surface area contributed by atoms with Gasteiger partial charge in [0.15, 0.2) is 6.17 Å². The van der Waals surface area contributed by atoms with Crippen LogP contribution in [-0.2, 0) is 11.3 Å². The van der Waals surface area contributed by atoms with E-state index in [0.29, 0.717) is 11.3 Å². The number of carbonyl (C=O) groups excluding carboxylic acids is 2. The fourth-order valence-electron chi connectivity index (χ4n) is 2.91. The van der Waals surface area contributed by atoms with E-state index in [4.69, 9.17) is 0 Å². The van der Waals surface area contributed by atoms with E-state index in [1.165, 1.54) is 20.9 Å². The molecule has 1 atom stereocenters. The third-order valence-electron chi connectivity index (χ3n) is 4.25. The van der Waals surface area contributed by atoms with Crippen LogP contribution in [0.15, 0.2) is 65.4 Å². The van der Waals surface area contributed by atoms with Crippen LogP contribution in [0.2, 0.25) is 0 Å². The molecule has 1 saturated heterocycles. The molecule has 3 amide bonds. The maximum absolute atomic E-state index is 13.9. The van der Waals surface area contributed by atoms with Crippen LogP contribution in [0.3, 0.4) is 0 Å². The van der Waals surface area contributed by atoms with Crippen LogP contribution in [0.1, 0.15) is 5.56 Å². The van der Waals surface area contributed by atoms with Gasteiger partial charge in [-0.2, -0.15) is 5.43 Å². The summed E-state index contributed by atoms with van der Waals surface area (Å²) in [4.78, 5) is 28.1. The van der Waals surface area contributed by atoms with E-state index in [-0.39, 0.29) is 12.5 Å². The number of nitrogens with one attached hydrogen (secondary N) is 1. The Bertz CT molecular complexity index is 902. The van der Waals surface area contributed by atoms with Crippen LogP contribution in [0.5, 0.6) is 0 Å². The van der Waals surface area contributed by atoms with Gasteiger partial charge in [0.25, 0.3) is 5.91 Å². The zero-order valence-electron chi connectivity index (χ0n) is 13.5. The first-order valence-electron chi connectivity index (χ1n) is 7.91. The number of hydrazine groups is 1. The molecule has 0 saturated carbocycles. The van der Waals surface area contributed by atoms with Gasteiger partial charge in [-0.3, -0.25) is 19.6 Å². The third-order valence-corrected chi connectivity index (χ3v) is 4.78. The molecule has 26 heavy (non-hydrogen) atoms. The summed E-state index contributed by atoms with van der Waals surface area (Å²) in [7, 11) is 0. The van der Waals surface area contributed by atoms with E-state index in [2.05, 4.69) is 21.4 Å². The predicted molar refractivity (Wildman–Crippen MR) is 96.9 cm³/mol. The summed E-state index contributed by atoms with van der Waals surface area (Å²) in [5.41, 5.74) is 3.93. The normalized spacial score (nSPS) is 19.3. The van der Waals surface area contributed by atoms with E-state index in [1.54, 1.807) is 42.7 Å². The van der Waals surface area contributed by atoms with E-state index >= 15 is 0 Å². The Morgan fingerprint density at radius 3 is 2.50 bits per heavy atom. The lowest BCUT2D eigenvalue weighted by molar-refractivity contribution is -0.122. The summed E-state index contributed by atoms with van der Waals surface area (Å²) in [5, 5.41) is 1.25. The molecule has 2 aliphatic rings. The molecule has 0 bridgehead atoms. The van der Waals surface area contributed by atoms with Crippen LogP contribution in [0.4, 0.5) is 14.9 Å². The standard InChI is InChI=1S/C18H14BrFN4O2/c19-13-5-7-14(8-6-13)22-9-10-23-16(17(22)25)21-24(18(23)26)11-12-3-1-2-4-15(12)20/h1-10,16,21H,11H2. The number of fused-ring (bicyclic) bond motifs is 1. The predicted octanol–water partition coefficient (Wildman–Crippen LogP) is 3.17. The highest BCUT2D eigenvalue weighted by molar-refractivity contribution is 9.10. The minimum absolute atomic E-state index is 0.0257. The van der Waals surface area contributed by atoms with Crippen LogP contribution in [-0.4, -0.2) is 28.0 Å². The Morgan fingerprint density at radius 2 is 1.77 bits per heavy atom. The Labute approximate surface area is 157 Å². The molecular formula is C18H14BrFN4O2. The first kappa shape index (κ1) is 16.7. The molecule has 0 radical (unpaired) electrons. The number of rotatable bonds is 3. The second-order valence-corrected chi connectivity index (χ2v) is 6.80. The van der Waals surface area contributed by atoms with Gasteiger partial charge >= 0.3 is 6.03 Å². The summed E-state index contributed by atoms with van der Waals surface area (Å²) < 4.78 is 14.8. The van der Waals surface area contributed by atoms with Crippen LogP contribution in [0.25, 0.3) is 0 Å².